The Morgan fingerprint density at radius 2 is 1.81 bits per heavy atom. The molecule has 2 aromatic rings. The summed E-state index contributed by atoms with van der Waals surface area (Å²) in [6.07, 6.45) is 2.13. The lowest BCUT2D eigenvalue weighted by atomic mass is 9.82. The molecule has 2 heterocycles. The molecule has 0 radical (unpaired) electrons. The molecular weight excluding hydrogens is 494 g/mol. The van der Waals surface area contributed by atoms with Gasteiger partial charge >= 0.3 is 0 Å². The molecular formula is C26H32ClN7O3. The van der Waals surface area contributed by atoms with E-state index in [0.29, 0.717) is 28.4 Å². The van der Waals surface area contributed by atoms with Gasteiger partial charge in [0.15, 0.2) is 11.6 Å². The average molecular weight is 526 g/mol. The summed E-state index contributed by atoms with van der Waals surface area (Å²) in [6.45, 7) is 5.47. The van der Waals surface area contributed by atoms with E-state index < -0.39 is 17.5 Å². The van der Waals surface area contributed by atoms with E-state index in [0.717, 1.165) is 39.1 Å². The number of benzene rings is 2. The van der Waals surface area contributed by atoms with Crippen molar-refractivity contribution in [1.29, 1.82) is 0 Å². The molecule has 2 aliphatic rings. The van der Waals surface area contributed by atoms with Crippen LogP contribution in [0.3, 0.4) is 0 Å². The van der Waals surface area contributed by atoms with E-state index >= 15 is 0 Å². The van der Waals surface area contributed by atoms with Crippen LogP contribution in [0.1, 0.15) is 22.3 Å². The molecule has 3 amide bonds. The predicted octanol–water partition coefficient (Wildman–Crippen LogP) is 1.03. The minimum Gasteiger partial charge on any atom is -0.367 e. The van der Waals surface area contributed by atoms with Crippen LogP contribution in [0.25, 0.3) is 0 Å². The maximum atomic E-state index is 13.1. The Morgan fingerprint density at radius 1 is 1.11 bits per heavy atom. The lowest BCUT2D eigenvalue weighted by Crippen LogP contribution is -2.60. The Hall–Kier alpha value is -3.47. The standard InChI is InChI=1S/C26H32ClN7O3/c1-33-13-15-34(16-14-33)12-4-11-29-24(36)22-26(25(28)37,31-17-30-22)18-7-9-19(10-8-18)32-23(35)20-5-2-3-6-21(20)27/h2-3,5-10,17,22H,4,11-16H2,1H3,(H2,28,37)(H,29,36)(H,30,31)(H,32,35). The van der Waals surface area contributed by atoms with E-state index in [9.17, 15) is 14.4 Å². The number of primary amides is 1. The molecule has 0 aliphatic carbocycles. The monoisotopic (exact) mass is 525 g/mol. The van der Waals surface area contributed by atoms with Gasteiger partial charge in [-0.05, 0) is 49.8 Å². The number of hydrogen-bond acceptors (Lipinski definition) is 7. The van der Waals surface area contributed by atoms with Crippen LogP contribution in [0.4, 0.5) is 5.69 Å². The maximum absolute atomic E-state index is 13.1. The third-order valence-corrected chi connectivity index (χ3v) is 7.16. The molecule has 2 aromatic carbocycles. The number of halogens is 1. The molecule has 0 bridgehead atoms. The number of rotatable bonds is 9. The highest BCUT2D eigenvalue weighted by Gasteiger charge is 2.52. The third kappa shape index (κ3) is 5.93. The number of aliphatic imine (C=N–C) groups is 1. The molecule has 5 N–H and O–H groups in total. The quantitative estimate of drug-likeness (QED) is 0.361. The van der Waals surface area contributed by atoms with Gasteiger partial charge in [-0.1, -0.05) is 35.9 Å². The van der Waals surface area contributed by atoms with Gasteiger partial charge in [0.2, 0.25) is 5.91 Å². The highest BCUT2D eigenvalue weighted by atomic mass is 35.5. The summed E-state index contributed by atoms with van der Waals surface area (Å²) in [7, 11) is 2.11. The predicted molar refractivity (Wildman–Crippen MR) is 144 cm³/mol. The largest absolute Gasteiger partial charge is 0.367 e. The molecule has 1 saturated heterocycles. The van der Waals surface area contributed by atoms with Crippen molar-refractivity contribution in [2.24, 2.45) is 10.7 Å². The summed E-state index contributed by atoms with van der Waals surface area (Å²) in [6, 6.07) is 12.2. The van der Waals surface area contributed by atoms with Crippen molar-refractivity contribution in [2.75, 3.05) is 51.6 Å². The number of nitrogens with two attached hydrogens (primary N) is 1. The molecule has 4 rings (SSSR count). The molecule has 11 heteroatoms. The van der Waals surface area contributed by atoms with Crippen LogP contribution in [-0.4, -0.2) is 86.2 Å². The molecule has 0 spiro atoms. The zero-order valence-electron chi connectivity index (χ0n) is 20.7. The van der Waals surface area contributed by atoms with Crippen LogP contribution >= 0.6 is 11.6 Å². The molecule has 2 aliphatic heterocycles. The fourth-order valence-corrected chi connectivity index (χ4v) is 4.82. The summed E-state index contributed by atoms with van der Waals surface area (Å²) >= 11 is 6.11. The van der Waals surface area contributed by atoms with E-state index in [1.165, 1.54) is 6.34 Å². The number of piperazine rings is 1. The molecule has 10 nitrogen and oxygen atoms in total. The van der Waals surface area contributed by atoms with Gasteiger partial charge in [-0.3, -0.25) is 19.4 Å². The van der Waals surface area contributed by atoms with Crippen LogP contribution in [0.2, 0.25) is 5.02 Å². The van der Waals surface area contributed by atoms with Gasteiger partial charge in [0.25, 0.3) is 11.8 Å². The van der Waals surface area contributed by atoms with Gasteiger partial charge in [-0.25, -0.2) is 0 Å². The van der Waals surface area contributed by atoms with Crippen molar-refractivity contribution in [3.05, 3.63) is 64.7 Å². The van der Waals surface area contributed by atoms with Crippen molar-refractivity contribution in [2.45, 2.75) is 18.0 Å². The summed E-state index contributed by atoms with van der Waals surface area (Å²) in [5, 5.41) is 8.94. The second kappa shape index (κ2) is 11.7. The Kier molecular flexibility index (Phi) is 8.42. The lowest BCUT2D eigenvalue weighted by molar-refractivity contribution is -0.131. The van der Waals surface area contributed by atoms with E-state index in [2.05, 4.69) is 37.8 Å². The number of carbonyl (C=O) groups excluding carboxylic acids is 3. The highest BCUT2D eigenvalue weighted by Crippen LogP contribution is 2.31. The summed E-state index contributed by atoms with van der Waals surface area (Å²) in [5.41, 5.74) is 5.58. The fourth-order valence-electron chi connectivity index (χ4n) is 4.60. The summed E-state index contributed by atoms with van der Waals surface area (Å²) < 4.78 is 0. The molecule has 37 heavy (non-hydrogen) atoms. The smallest absolute Gasteiger partial charge is 0.257 e. The first-order valence-corrected chi connectivity index (χ1v) is 12.6. The number of hydrogen-bond donors (Lipinski definition) is 4. The van der Waals surface area contributed by atoms with Crippen LogP contribution < -0.4 is 21.7 Å². The van der Waals surface area contributed by atoms with Crippen molar-refractivity contribution >= 4 is 41.3 Å². The highest BCUT2D eigenvalue weighted by molar-refractivity contribution is 6.34. The van der Waals surface area contributed by atoms with Crippen molar-refractivity contribution in [1.82, 2.24) is 20.4 Å². The Morgan fingerprint density at radius 3 is 2.49 bits per heavy atom. The van der Waals surface area contributed by atoms with Gasteiger partial charge in [0, 0.05) is 38.4 Å². The van der Waals surface area contributed by atoms with Gasteiger partial charge in [-0.2, -0.15) is 0 Å². The maximum Gasteiger partial charge on any atom is 0.257 e. The van der Waals surface area contributed by atoms with Gasteiger partial charge in [0.1, 0.15) is 0 Å². The van der Waals surface area contributed by atoms with Crippen LogP contribution in [0.15, 0.2) is 53.5 Å². The van der Waals surface area contributed by atoms with Crippen LogP contribution in [0.5, 0.6) is 0 Å². The van der Waals surface area contributed by atoms with Crippen molar-refractivity contribution in [3.8, 4) is 0 Å². The number of likely N-dealkylation sites (N-methyl/N-ethyl adjacent to an activating group) is 1. The number of amides is 3. The van der Waals surface area contributed by atoms with Gasteiger partial charge < -0.3 is 31.5 Å². The zero-order valence-corrected chi connectivity index (χ0v) is 21.5. The fraction of sp³-hybridized carbons (Fsp3) is 0.385. The first-order chi connectivity index (χ1) is 17.8. The molecule has 196 valence electrons. The van der Waals surface area contributed by atoms with E-state index in [4.69, 9.17) is 17.3 Å². The molecule has 1 fully saturated rings. The summed E-state index contributed by atoms with van der Waals surface area (Å²) in [4.78, 5) is 47.2. The first-order valence-electron chi connectivity index (χ1n) is 12.3. The van der Waals surface area contributed by atoms with E-state index in [-0.39, 0.29) is 11.8 Å². The molecule has 0 aromatic heterocycles. The number of carbonyl (C=O) groups is 3. The molecule has 2 atom stereocenters. The first kappa shape index (κ1) is 26.6. The van der Waals surface area contributed by atoms with Crippen LogP contribution in [0, 0.1) is 0 Å². The number of anilines is 1. The van der Waals surface area contributed by atoms with Crippen molar-refractivity contribution in [3.63, 3.8) is 0 Å². The Balaban J connectivity index is 1.39. The van der Waals surface area contributed by atoms with Gasteiger partial charge in [-0.15, -0.1) is 0 Å². The normalized spacial score (nSPS) is 21.8. The summed E-state index contributed by atoms with van der Waals surface area (Å²) in [5.74, 6) is -1.47. The van der Waals surface area contributed by atoms with Crippen LogP contribution in [-0.2, 0) is 15.1 Å². The average Bonchev–Trinajstić information content (AvgIpc) is 3.35. The minimum atomic E-state index is -1.53. The molecule has 0 saturated carbocycles. The zero-order chi connectivity index (χ0) is 26.4. The van der Waals surface area contributed by atoms with Gasteiger partial charge in [0.05, 0.1) is 16.9 Å². The SMILES string of the molecule is CN1CCN(CCCNC(=O)C2N=CNC2(C(N)=O)c2ccc(NC(=O)c3ccccc3Cl)cc2)CC1. The minimum absolute atomic E-state index is 0.342. The number of nitrogens with one attached hydrogen (secondary N) is 3. The van der Waals surface area contributed by atoms with Crippen molar-refractivity contribution < 1.29 is 14.4 Å². The number of nitrogens with zero attached hydrogens (tertiary/aromatic N) is 3. The topological polar surface area (TPSA) is 132 Å². The molecule has 2 unspecified atom stereocenters. The van der Waals surface area contributed by atoms with E-state index in [1.807, 2.05) is 0 Å². The Labute approximate surface area is 221 Å². The second-order valence-electron chi connectivity index (χ2n) is 9.30. The second-order valence-corrected chi connectivity index (χ2v) is 9.71. The van der Waals surface area contributed by atoms with E-state index in [1.54, 1.807) is 48.5 Å². The Bertz CT molecular complexity index is 1170. The third-order valence-electron chi connectivity index (χ3n) is 6.83. The lowest BCUT2D eigenvalue weighted by Gasteiger charge is -2.32.